The van der Waals surface area contributed by atoms with Crippen LogP contribution in [0.5, 0.6) is 11.5 Å². The molecule has 0 N–H and O–H groups in total. The molecule has 0 aromatic heterocycles. The van der Waals surface area contributed by atoms with Crippen LogP contribution in [0.4, 0.5) is 0 Å². The predicted molar refractivity (Wildman–Crippen MR) is 91.3 cm³/mol. The fourth-order valence-corrected chi connectivity index (χ4v) is 4.23. The molecule has 1 aliphatic heterocycles. The molecular weight excluding hydrogens is 320 g/mol. The van der Waals surface area contributed by atoms with E-state index in [-0.39, 0.29) is 35.5 Å². The van der Waals surface area contributed by atoms with Crippen LogP contribution in [0.15, 0.2) is 35.5 Å². The lowest BCUT2D eigenvalue weighted by molar-refractivity contribution is -0.140. The van der Waals surface area contributed by atoms with Gasteiger partial charge in [0.2, 0.25) is 0 Å². The van der Waals surface area contributed by atoms with Gasteiger partial charge in [-0.25, -0.2) is 0 Å². The van der Waals surface area contributed by atoms with Crippen LogP contribution in [-0.4, -0.2) is 37.3 Å². The predicted octanol–water partition coefficient (Wildman–Crippen LogP) is 2.23. The summed E-state index contributed by atoms with van der Waals surface area (Å²) >= 11 is 0. The Morgan fingerprint density at radius 3 is 2.12 bits per heavy atom. The smallest absolute Gasteiger partial charge is 0.254 e. The van der Waals surface area contributed by atoms with E-state index in [1.54, 1.807) is 32.4 Å². The van der Waals surface area contributed by atoms with Gasteiger partial charge in [0.25, 0.3) is 11.8 Å². The van der Waals surface area contributed by atoms with Crippen LogP contribution in [0.1, 0.15) is 18.4 Å². The van der Waals surface area contributed by atoms with E-state index in [0.717, 1.165) is 23.4 Å². The van der Waals surface area contributed by atoms with Crippen LogP contribution in [0.2, 0.25) is 0 Å². The number of hydrogen-bond donors (Lipinski definition) is 0. The van der Waals surface area contributed by atoms with Gasteiger partial charge in [-0.3, -0.25) is 9.59 Å². The molecular formula is C19H20N2O4. The van der Waals surface area contributed by atoms with Crippen LogP contribution >= 0.6 is 0 Å². The number of hydrazone groups is 1. The average molecular weight is 340 g/mol. The molecule has 5 rings (SSSR count). The highest BCUT2D eigenvalue weighted by Gasteiger charge is 2.56. The number of amides is 2. The van der Waals surface area contributed by atoms with Gasteiger partial charge in [-0.15, -0.1) is 0 Å². The standard InChI is InChI=1S/C19H20N2O4/c1-24-14-8-3-11(9-15(14)25-2)10-20-21-18(22)16-12-4-5-13(7-6-12)17(16)19(21)23/h3-5,8-10,12-13,16-17H,6-7H2,1-2H3/b20-10-/t12-,13-,16+,17+/m0/s1. The number of allylic oxidation sites excluding steroid dienone is 2. The van der Waals surface area contributed by atoms with Gasteiger partial charge in [0.05, 0.1) is 32.3 Å². The number of fused-ring (bicyclic) bond motifs is 1. The summed E-state index contributed by atoms with van der Waals surface area (Å²) in [6.07, 6.45) is 7.68. The molecule has 3 aliphatic carbocycles. The van der Waals surface area contributed by atoms with Crippen molar-refractivity contribution in [2.24, 2.45) is 28.8 Å². The number of carbonyl (C=O) groups is 2. The number of hydrogen-bond acceptors (Lipinski definition) is 5. The molecule has 4 aliphatic rings. The summed E-state index contributed by atoms with van der Waals surface area (Å²) in [4.78, 5) is 25.4. The van der Waals surface area contributed by atoms with Gasteiger partial charge in [-0.2, -0.15) is 10.1 Å². The van der Waals surface area contributed by atoms with E-state index < -0.39 is 0 Å². The molecule has 6 nitrogen and oxygen atoms in total. The van der Waals surface area contributed by atoms with Crippen LogP contribution in [0.3, 0.4) is 0 Å². The highest BCUT2D eigenvalue weighted by molar-refractivity contribution is 6.06. The second-order valence-corrected chi connectivity index (χ2v) is 6.69. The summed E-state index contributed by atoms with van der Waals surface area (Å²) in [5.74, 6) is 0.706. The molecule has 1 heterocycles. The number of carbonyl (C=O) groups excluding carboxylic acids is 2. The van der Waals surface area contributed by atoms with Gasteiger partial charge < -0.3 is 9.47 Å². The largest absolute Gasteiger partial charge is 0.493 e. The highest BCUT2D eigenvalue weighted by Crippen LogP contribution is 2.49. The molecule has 1 saturated carbocycles. The molecule has 0 spiro atoms. The highest BCUT2D eigenvalue weighted by atomic mass is 16.5. The Balaban J connectivity index is 1.58. The van der Waals surface area contributed by atoms with E-state index in [9.17, 15) is 9.59 Å². The molecule has 25 heavy (non-hydrogen) atoms. The lowest BCUT2D eigenvalue weighted by Crippen LogP contribution is -2.38. The summed E-state index contributed by atoms with van der Waals surface area (Å²) in [7, 11) is 3.12. The van der Waals surface area contributed by atoms with Crippen molar-refractivity contribution < 1.29 is 19.1 Å². The fourth-order valence-electron chi connectivity index (χ4n) is 4.23. The van der Waals surface area contributed by atoms with E-state index in [0.29, 0.717) is 11.5 Å². The summed E-state index contributed by atoms with van der Waals surface area (Å²) in [5.41, 5.74) is 0.731. The summed E-state index contributed by atoms with van der Waals surface area (Å²) in [5, 5.41) is 5.25. The maximum absolute atomic E-state index is 12.7. The first kappa shape index (κ1) is 15.9. The summed E-state index contributed by atoms with van der Waals surface area (Å²) < 4.78 is 10.5. The van der Waals surface area contributed by atoms with Crippen molar-refractivity contribution in [2.75, 3.05) is 14.2 Å². The Morgan fingerprint density at radius 2 is 1.60 bits per heavy atom. The van der Waals surface area contributed by atoms with Crippen molar-refractivity contribution in [1.82, 2.24) is 5.01 Å². The van der Waals surface area contributed by atoms with Crippen molar-refractivity contribution in [2.45, 2.75) is 12.8 Å². The summed E-state index contributed by atoms with van der Waals surface area (Å²) in [6.45, 7) is 0. The lowest BCUT2D eigenvalue weighted by Gasteiger charge is -2.37. The van der Waals surface area contributed by atoms with Gasteiger partial charge in [-0.05, 0) is 48.4 Å². The molecule has 2 amide bonds. The second kappa shape index (κ2) is 6.02. The summed E-state index contributed by atoms with van der Waals surface area (Å²) in [6, 6.07) is 5.32. The van der Waals surface area contributed by atoms with E-state index in [2.05, 4.69) is 17.3 Å². The average Bonchev–Trinajstić information content (AvgIpc) is 2.93. The van der Waals surface area contributed by atoms with Crippen molar-refractivity contribution in [1.29, 1.82) is 0 Å². The maximum Gasteiger partial charge on any atom is 0.254 e. The molecule has 0 radical (unpaired) electrons. The number of benzene rings is 1. The SMILES string of the molecule is COc1ccc(/C=N\N2C(=O)[C@H]3[C@H](C2=O)[C@H]2C=C[C@H]3CC2)cc1OC. The molecule has 2 bridgehead atoms. The Labute approximate surface area is 146 Å². The third kappa shape index (κ3) is 2.44. The topological polar surface area (TPSA) is 68.2 Å². The first-order chi connectivity index (χ1) is 12.1. The minimum atomic E-state index is -0.237. The van der Waals surface area contributed by atoms with Gasteiger partial charge >= 0.3 is 0 Å². The second-order valence-electron chi connectivity index (χ2n) is 6.69. The third-order valence-corrected chi connectivity index (χ3v) is 5.47. The zero-order valence-electron chi connectivity index (χ0n) is 14.2. The van der Waals surface area contributed by atoms with Crippen molar-refractivity contribution >= 4 is 18.0 Å². The molecule has 4 atom stereocenters. The monoisotopic (exact) mass is 340 g/mol. The Kier molecular flexibility index (Phi) is 3.82. The molecule has 6 heteroatoms. The van der Waals surface area contributed by atoms with Gasteiger partial charge in [0.1, 0.15) is 0 Å². The molecule has 1 aromatic rings. The number of methoxy groups -OCH3 is 2. The Bertz CT molecular complexity index is 754. The first-order valence-corrected chi connectivity index (χ1v) is 8.46. The quantitative estimate of drug-likeness (QED) is 0.479. The van der Waals surface area contributed by atoms with Crippen molar-refractivity contribution in [3.05, 3.63) is 35.9 Å². The minimum absolute atomic E-state index is 0.174. The zero-order chi connectivity index (χ0) is 17.6. The van der Waals surface area contributed by atoms with Crippen molar-refractivity contribution in [3.63, 3.8) is 0 Å². The normalized spacial score (nSPS) is 30.2. The van der Waals surface area contributed by atoms with Gasteiger partial charge in [0.15, 0.2) is 11.5 Å². The van der Waals surface area contributed by atoms with Crippen LogP contribution < -0.4 is 9.47 Å². The number of ether oxygens (including phenoxy) is 2. The maximum atomic E-state index is 12.7. The lowest BCUT2D eigenvalue weighted by atomic mass is 9.63. The van der Waals surface area contributed by atoms with E-state index >= 15 is 0 Å². The number of rotatable bonds is 4. The number of nitrogens with zero attached hydrogens (tertiary/aromatic N) is 2. The first-order valence-electron chi connectivity index (χ1n) is 8.46. The van der Waals surface area contributed by atoms with Gasteiger partial charge in [0, 0.05) is 0 Å². The number of imide groups is 1. The fraction of sp³-hybridized carbons (Fsp3) is 0.421. The molecule has 2 fully saturated rings. The molecule has 130 valence electrons. The molecule has 1 aromatic carbocycles. The zero-order valence-corrected chi connectivity index (χ0v) is 14.2. The van der Waals surface area contributed by atoms with Crippen LogP contribution in [0, 0.1) is 23.7 Å². The van der Waals surface area contributed by atoms with Crippen molar-refractivity contribution in [3.8, 4) is 11.5 Å². The molecule has 1 saturated heterocycles. The van der Waals surface area contributed by atoms with Crippen LogP contribution in [0.25, 0.3) is 0 Å². The Morgan fingerprint density at radius 1 is 1.00 bits per heavy atom. The Hall–Kier alpha value is -2.63. The van der Waals surface area contributed by atoms with E-state index in [4.69, 9.17) is 9.47 Å². The van der Waals surface area contributed by atoms with Gasteiger partial charge in [-0.1, -0.05) is 12.2 Å². The third-order valence-electron chi connectivity index (χ3n) is 5.47. The van der Waals surface area contributed by atoms with Crippen LogP contribution in [-0.2, 0) is 9.59 Å². The molecule has 0 unspecified atom stereocenters. The minimum Gasteiger partial charge on any atom is -0.493 e. The van der Waals surface area contributed by atoms with E-state index in [1.807, 2.05) is 0 Å². The van der Waals surface area contributed by atoms with E-state index in [1.165, 1.54) is 6.21 Å².